The first-order valence-corrected chi connectivity index (χ1v) is 4.78. The molecule has 3 nitrogen and oxygen atoms in total. The van der Waals surface area contributed by atoms with Gasteiger partial charge in [-0.15, -0.1) is 0 Å². The van der Waals surface area contributed by atoms with E-state index < -0.39 is 0 Å². The molecule has 0 fully saturated rings. The summed E-state index contributed by atoms with van der Waals surface area (Å²) in [5, 5.41) is 3.25. The van der Waals surface area contributed by atoms with E-state index in [9.17, 15) is 0 Å². The van der Waals surface area contributed by atoms with Gasteiger partial charge in [-0.3, -0.25) is 4.98 Å². The van der Waals surface area contributed by atoms with Crippen molar-refractivity contribution in [3.05, 3.63) is 48.3 Å². The van der Waals surface area contributed by atoms with Gasteiger partial charge in [0.1, 0.15) is 0 Å². The summed E-state index contributed by atoms with van der Waals surface area (Å²) < 4.78 is 0. The van der Waals surface area contributed by atoms with E-state index in [1.54, 1.807) is 6.20 Å². The molecule has 0 aliphatic heterocycles. The predicted octanol–water partition coefficient (Wildman–Crippen LogP) is 2.72. The van der Waals surface area contributed by atoms with E-state index >= 15 is 0 Å². The molecule has 15 heavy (non-hydrogen) atoms. The Morgan fingerprint density at radius 3 is 2.47 bits per heavy atom. The van der Waals surface area contributed by atoms with E-state index in [1.807, 2.05) is 43.5 Å². The van der Waals surface area contributed by atoms with Crippen molar-refractivity contribution in [1.29, 1.82) is 0 Å². The Morgan fingerprint density at radius 2 is 1.80 bits per heavy atom. The fourth-order valence-electron chi connectivity index (χ4n) is 1.36. The number of benzene rings is 1. The number of nitrogens with two attached hydrogens (primary N) is 1. The molecule has 0 saturated carbocycles. The summed E-state index contributed by atoms with van der Waals surface area (Å²) in [4.78, 5) is 4.11. The van der Waals surface area contributed by atoms with Gasteiger partial charge >= 0.3 is 0 Å². The van der Waals surface area contributed by atoms with E-state index in [1.165, 1.54) is 0 Å². The molecule has 2 aromatic rings. The zero-order chi connectivity index (χ0) is 10.7. The minimum atomic E-state index is 0.767. The van der Waals surface area contributed by atoms with Crippen molar-refractivity contribution in [2.75, 3.05) is 11.1 Å². The van der Waals surface area contributed by atoms with Crippen LogP contribution in [0.25, 0.3) is 0 Å². The van der Waals surface area contributed by atoms with Crippen molar-refractivity contribution >= 4 is 17.1 Å². The second kappa shape index (κ2) is 4.00. The molecule has 0 spiro atoms. The van der Waals surface area contributed by atoms with E-state index in [2.05, 4.69) is 10.3 Å². The molecule has 3 heteroatoms. The lowest BCUT2D eigenvalue weighted by atomic mass is 10.2. The van der Waals surface area contributed by atoms with Crippen molar-refractivity contribution < 1.29 is 0 Å². The van der Waals surface area contributed by atoms with Gasteiger partial charge in [0.15, 0.2) is 0 Å². The number of aromatic nitrogens is 1. The highest BCUT2D eigenvalue weighted by Crippen LogP contribution is 2.17. The monoisotopic (exact) mass is 199 g/mol. The molecular formula is C12H13N3. The number of aryl methyl sites for hydroxylation is 1. The molecule has 0 amide bonds. The third-order valence-electron chi connectivity index (χ3n) is 2.07. The van der Waals surface area contributed by atoms with Crippen LogP contribution in [0.15, 0.2) is 42.7 Å². The maximum absolute atomic E-state index is 5.60. The van der Waals surface area contributed by atoms with Crippen LogP contribution >= 0.6 is 0 Å². The lowest BCUT2D eigenvalue weighted by molar-refractivity contribution is 1.26. The van der Waals surface area contributed by atoms with Gasteiger partial charge < -0.3 is 11.1 Å². The SMILES string of the molecule is Cc1cncc(Nc2ccc(N)cc2)c1. The molecule has 0 unspecified atom stereocenters. The summed E-state index contributed by atoms with van der Waals surface area (Å²) in [5.41, 5.74) is 9.50. The molecule has 1 aromatic heterocycles. The fraction of sp³-hybridized carbons (Fsp3) is 0.0833. The van der Waals surface area contributed by atoms with Crippen LogP contribution in [0, 0.1) is 6.92 Å². The van der Waals surface area contributed by atoms with Crippen LogP contribution in [0.2, 0.25) is 0 Å². The minimum absolute atomic E-state index is 0.767. The summed E-state index contributed by atoms with van der Waals surface area (Å²) in [5.74, 6) is 0. The van der Waals surface area contributed by atoms with Gasteiger partial charge in [-0.05, 0) is 42.8 Å². The van der Waals surface area contributed by atoms with Gasteiger partial charge in [-0.25, -0.2) is 0 Å². The smallest absolute Gasteiger partial charge is 0.0573 e. The number of nitrogen functional groups attached to an aromatic ring is 1. The van der Waals surface area contributed by atoms with Gasteiger partial charge in [-0.2, -0.15) is 0 Å². The van der Waals surface area contributed by atoms with E-state index in [0.29, 0.717) is 0 Å². The van der Waals surface area contributed by atoms with E-state index in [0.717, 1.165) is 22.6 Å². The average Bonchev–Trinajstić information content (AvgIpc) is 2.22. The van der Waals surface area contributed by atoms with Gasteiger partial charge in [-0.1, -0.05) is 0 Å². The summed E-state index contributed by atoms with van der Waals surface area (Å²) in [6.07, 6.45) is 3.62. The number of nitrogens with one attached hydrogen (secondary N) is 1. The third-order valence-corrected chi connectivity index (χ3v) is 2.07. The molecule has 0 radical (unpaired) electrons. The first-order chi connectivity index (χ1) is 7.24. The van der Waals surface area contributed by atoms with E-state index in [4.69, 9.17) is 5.73 Å². The maximum Gasteiger partial charge on any atom is 0.0573 e. The lowest BCUT2D eigenvalue weighted by Gasteiger charge is -2.06. The Kier molecular flexibility index (Phi) is 2.54. The van der Waals surface area contributed by atoms with Crippen molar-refractivity contribution in [3.8, 4) is 0 Å². The molecule has 0 aliphatic carbocycles. The minimum Gasteiger partial charge on any atom is -0.399 e. The van der Waals surface area contributed by atoms with Gasteiger partial charge in [0.25, 0.3) is 0 Å². The Morgan fingerprint density at radius 1 is 1.07 bits per heavy atom. The first kappa shape index (κ1) is 9.52. The molecule has 0 bridgehead atoms. The summed E-state index contributed by atoms with van der Waals surface area (Å²) in [6.45, 7) is 2.02. The number of nitrogens with zero attached hydrogens (tertiary/aromatic N) is 1. The Hall–Kier alpha value is -2.03. The van der Waals surface area contributed by atoms with Crippen molar-refractivity contribution in [2.24, 2.45) is 0 Å². The van der Waals surface area contributed by atoms with Crippen LogP contribution in [0.5, 0.6) is 0 Å². The number of pyridine rings is 1. The second-order valence-electron chi connectivity index (χ2n) is 3.50. The van der Waals surface area contributed by atoms with Crippen LogP contribution in [0.3, 0.4) is 0 Å². The fourth-order valence-corrected chi connectivity index (χ4v) is 1.36. The topological polar surface area (TPSA) is 50.9 Å². The van der Waals surface area contributed by atoms with Crippen LogP contribution in [-0.4, -0.2) is 4.98 Å². The highest BCUT2D eigenvalue weighted by Gasteiger charge is 1.94. The number of hydrogen-bond acceptors (Lipinski definition) is 3. The average molecular weight is 199 g/mol. The molecule has 1 heterocycles. The summed E-state index contributed by atoms with van der Waals surface area (Å²) in [7, 11) is 0. The van der Waals surface area contributed by atoms with Gasteiger partial charge in [0, 0.05) is 17.6 Å². The lowest BCUT2D eigenvalue weighted by Crippen LogP contribution is -1.92. The molecule has 2 rings (SSSR count). The van der Waals surface area contributed by atoms with E-state index in [-0.39, 0.29) is 0 Å². The highest BCUT2D eigenvalue weighted by atomic mass is 14.9. The molecule has 0 saturated heterocycles. The van der Waals surface area contributed by atoms with Gasteiger partial charge in [0.05, 0.1) is 11.9 Å². The predicted molar refractivity (Wildman–Crippen MR) is 63.1 cm³/mol. The highest BCUT2D eigenvalue weighted by molar-refractivity contribution is 5.61. The zero-order valence-corrected chi connectivity index (χ0v) is 8.57. The standard InChI is InChI=1S/C12H13N3/c1-9-6-12(8-14-7-9)15-11-4-2-10(13)3-5-11/h2-8,15H,13H2,1H3. The van der Waals surface area contributed by atoms with Crippen LogP contribution in [0.1, 0.15) is 5.56 Å². The molecule has 76 valence electrons. The third kappa shape index (κ3) is 2.47. The molecule has 1 aromatic carbocycles. The number of anilines is 3. The van der Waals surface area contributed by atoms with Crippen molar-refractivity contribution in [1.82, 2.24) is 4.98 Å². The quantitative estimate of drug-likeness (QED) is 0.731. The van der Waals surface area contributed by atoms with Crippen LogP contribution in [0.4, 0.5) is 17.1 Å². The number of rotatable bonds is 2. The molecule has 3 N–H and O–H groups in total. The van der Waals surface area contributed by atoms with Gasteiger partial charge in [0.2, 0.25) is 0 Å². The normalized spacial score (nSPS) is 9.93. The molecule has 0 atom stereocenters. The zero-order valence-electron chi connectivity index (χ0n) is 8.57. The molecule has 0 aliphatic rings. The number of hydrogen-bond donors (Lipinski definition) is 2. The largest absolute Gasteiger partial charge is 0.399 e. The molecular weight excluding hydrogens is 186 g/mol. The first-order valence-electron chi connectivity index (χ1n) is 4.78. The summed E-state index contributed by atoms with van der Waals surface area (Å²) >= 11 is 0. The Bertz CT molecular complexity index is 449. The van der Waals surface area contributed by atoms with Crippen LogP contribution in [-0.2, 0) is 0 Å². The second-order valence-corrected chi connectivity index (χ2v) is 3.50. The maximum atomic E-state index is 5.60. The Labute approximate surface area is 89.0 Å². The van der Waals surface area contributed by atoms with Crippen molar-refractivity contribution in [3.63, 3.8) is 0 Å². The summed E-state index contributed by atoms with van der Waals surface area (Å²) in [6, 6.07) is 9.66. The van der Waals surface area contributed by atoms with Crippen LogP contribution < -0.4 is 11.1 Å². The Balaban J connectivity index is 2.18. The van der Waals surface area contributed by atoms with Crippen molar-refractivity contribution in [2.45, 2.75) is 6.92 Å².